The first-order valence-corrected chi connectivity index (χ1v) is 12.1. The highest BCUT2D eigenvalue weighted by Crippen LogP contribution is 2.38. The van der Waals surface area contributed by atoms with E-state index in [0.717, 1.165) is 17.7 Å². The van der Waals surface area contributed by atoms with Crippen LogP contribution in [0.5, 0.6) is 5.75 Å². The number of alkyl halides is 3. The van der Waals surface area contributed by atoms with Gasteiger partial charge in [0, 0.05) is 0 Å². The highest BCUT2D eigenvalue weighted by atomic mass is 35.5. The van der Waals surface area contributed by atoms with Gasteiger partial charge in [-0.05, 0) is 55.0 Å². The minimum atomic E-state index is -4.82. The predicted octanol–water partition coefficient (Wildman–Crippen LogP) is 5.44. The van der Waals surface area contributed by atoms with Crippen molar-refractivity contribution in [3.8, 4) is 5.75 Å². The fourth-order valence-electron chi connectivity index (χ4n) is 3.31. The maximum absolute atomic E-state index is 13.4. The third kappa shape index (κ3) is 6.26. The van der Waals surface area contributed by atoms with Crippen molar-refractivity contribution in [3.63, 3.8) is 0 Å². The van der Waals surface area contributed by atoms with Crippen LogP contribution in [-0.2, 0) is 21.0 Å². The number of amides is 1. The summed E-state index contributed by atoms with van der Waals surface area (Å²) in [5.74, 6) is -0.0908. The molecule has 0 fully saturated rings. The van der Waals surface area contributed by atoms with Crippen LogP contribution in [0.25, 0.3) is 0 Å². The SMILES string of the molecule is COc1ccc([C@@H](C)NC(=O)CN(c2ccc(Cl)c(C(F)(F)F)c2)S(=O)(=O)c2ccccc2)cc1. The van der Waals surface area contributed by atoms with Crippen molar-refractivity contribution in [2.45, 2.75) is 24.0 Å². The highest BCUT2D eigenvalue weighted by molar-refractivity contribution is 7.92. The van der Waals surface area contributed by atoms with Crippen LogP contribution in [0.2, 0.25) is 5.02 Å². The fraction of sp³-hybridized carbons (Fsp3) is 0.208. The van der Waals surface area contributed by atoms with E-state index in [1.165, 1.54) is 31.4 Å². The second kappa shape index (κ2) is 10.6. The molecule has 0 aliphatic rings. The maximum atomic E-state index is 13.4. The summed E-state index contributed by atoms with van der Waals surface area (Å²) in [6.45, 7) is 0.941. The number of ether oxygens (including phenoxy) is 1. The lowest BCUT2D eigenvalue weighted by molar-refractivity contribution is -0.137. The molecule has 1 amide bonds. The number of methoxy groups -OCH3 is 1. The lowest BCUT2D eigenvalue weighted by Gasteiger charge is -2.26. The Morgan fingerprint density at radius 3 is 2.26 bits per heavy atom. The molecule has 0 saturated carbocycles. The van der Waals surface area contributed by atoms with Gasteiger partial charge in [0.25, 0.3) is 10.0 Å². The molecule has 3 aromatic carbocycles. The number of rotatable bonds is 8. The number of nitrogens with one attached hydrogen (secondary N) is 1. The number of carbonyl (C=O) groups is 1. The number of benzene rings is 3. The number of sulfonamides is 1. The van der Waals surface area contributed by atoms with E-state index in [1.54, 1.807) is 37.3 Å². The average Bonchev–Trinajstić information content (AvgIpc) is 2.82. The van der Waals surface area contributed by atoms with Crippen LogP contribution in [0.4, 0.5) is 18.9 Å². The van der Waals surface area contributed by atoms with E-state index in [4.69, 9.17) is 16.3 Å². The minimum absolute atomic E-state index is 0.181. The predicted molar refractivity (Wildman–Crippen MR) is 127 cm³/mol. The van der Waals surface area contributed by atoms with Gasteiger partial charge in [-0.15, -0.1) is 0 Å². The third-order valence-electron chi connectivity index (χ3n) is 5.16. The van der Waals surface area contributed by atoms with Crippen molar-refractivity contribution in [2.24, 2.45) is 0 Å². The Kier molecular flexibility index (Phi) is 7.97. The molecule has 3 rings (SSSR count). The van der Waals surface area contributed by atoms with Crippen molar-refractivity contribution in [1.82, 2.24) is 5.32 Å². The first-order chi connectivity index (χ1) is 16.4. The van der Waals surface area contributed by atoms with Gasteiger partial charge < -0.3 is 10.1 Å². The van der Waals surface area contributed by atoms with Crippen LogP contribution in [0.1, 0.15) is 24.1 Å². The molecule has 0 unspecified atom stereocenters. The molecular formula is C24H22ClF3N2O4S. The summed E-state index contributed by atoms with van der Waals surface area (Å²) in [6, 6.07) is 16.2. The Balaban J connectivity index is 1.95. The van der Waals surface area contributed by atoms with Gasteiger partial charge in [0.2, 0.25) is 5.91 Å². The Morgan fingerprint density at radius 2 is 1.69 bits per heavy atom. The van der Waals surface area contributed by atoms with Crippen LogP contribution in [-0.4, -0.2) is 28.0 Å². The second-order valence-electron chi connectivity index (χ2n) is 7.55. The van der Waals surface area contributed by atoms with E-state index in [0.29, 0.717) is 16.1 Å². The van der Waals surface area contributed by atoms with E-state index < -0.39 is 45.3 Å². The van der Waals surface area contributed by atoms with E-state index in [-0.39, 0.29) is 10.6 Å². The molecule has 11 heteroatoms. The molecule has 6 nitrogen and oxygen atoms in total. The number of anilines is 1. The summed E-state index contributed by atoms with van der Waals surface area (Å²) in [4.78, 5) is 12.7. The normalized spacial score (nSPS) is 12.6. The zero-order valence-electron chi connectivity index (χ0n) is 18.7. The van der Waals surface area contributed by atoms with Gasteiger partial charge in [0.1, 0.15) is 12.3 Å². The smallest absolute Gasteiger partial charge is 0.417 e. The highest BCUT2D eigenvalue weighted by Gasteiger charge is 2.35. The van der Waals surface area contributed by atoms with Crippen LogP contribution < -0.4 is 14.4 Å². The van der Waals surface area contributed by atoms with E-state index >= 15 is 0 Å². The number of carbonyl (C=O) groups excluding carboxylic acids is 1. The monoisotopic (exact) mass is 526 g/mol. The van der Waals surface area contributed by atoms with Crippen molar-refractivity contribution in [3.05, 3.63) is 88.9 Å². The summed E-state index contributed by atoms with van der Waals surface area (Å²) in [7, 11) is -2.87. The van der Waals surface area contributed by atoms with E-state index in [1.807, 2.05) is 0 Å². The van der Waals surface area contributed by atoms with Crippen LogP contribution in [0.3, 0.4) is 0 Å². The average molecular weight is 527 g/mol. The topological polar surface area (TPSA) is 75.7 Å². The first kappa shape index (κ1) is 26.4. The van der Waals surface area contributed by atoms with Crippen molar-refractivity contribution in [2.75, 3.05) is 18.0 Å². The molecule has 0 radical (unpaired) electrons. The molecule has 0 aliphatic carbocycles. The van der Waals surface area contributed by atoms with Gasteiger partial charge in [-0.2, -0.15) is 13.2 Å². The van der Waals surface area contributed by atoms with E-state index in [9.17, 15) is 26.4 Å². The van der Waals surface area contributed by atoms with Gasteiger partial charge in [0.05, 0.1) is 34.3 Å². The third-order valence-corrected chi connectivity index (χ3v) is 7.27. The standard InChI is InChI=1S/C24H22ClF3N2O4S/c1-16(17-8-11-19(34-2)12-9-17)29-23(31)15-30(35(32,33)20-6-4-3-5-7-20)18-10-13-22(25)21(14-18)24(26,27)28/h3-14,16H,15H2,1-2H3,(H,29,31)/t16-/m1/s1. The molecular weight excluding hydrogens is 505 g/mol. The van der Waals surface area contributed by atoms with E-state index in [2.05, 4.69) is 5.32 Å². The number of nitrogens with zero attached hydrogens (tertiary/aromatic N) is 1. The van der Waals surface area contributed by atoms with Crippen LogP contribution in [0.15, 0.2) is 77.7 Å². The Bertz CT molecular complexity index is 1280. The van der Waals surface area contributed by atoms with Crippen molar-refractivity contribution in [1.29, 1.82) is 0 Å². The van der Waals surface area contributed by atoms with Crippen molar-refractivity contribution < 1.29 is 31.1 Å². The minimum Gasteiger partial charge on any atom is -0.497 e. The van der Waals surface area contributed by atoms with Crippen LogP contribution in [0, 0.1) is 0 Å². The van der Waals surface area contributed by atoms with Gasteiger partial charge in [0.15, 0.2) is 0 Å². The lowest BCUT2D eigenvalue weighted by Crippen LogP contribution is -2.41. The summed E-state index contributed by atoms with van der Waals surface area (Å²) in [5.41, 5.74) is -0.836. The maximum Gasteiger partial charge on any atom is 0.417 e. The first-order valence-electron chi connectivity index (χ1n) is 10.3. The largest absolute Gasteiger partial charge is 0.497 e. The molecule has 0 heterocycles. The summed E-state index contributed by atoms with van der Waals surface area (Å²) in [5, 5.41) is 2.09. The van der Waals surface area contributed by atoms with Gasteiger partial charge in [-0.1, -0.05) is 41.9 Å². The summed E-state index contributed by atoms with van der Waals surface area (Å²) >= 11 is 5.70. The molecule has 186 valence electrons. The zero-order valence-corrected chi connectivity index (χ0v) is 20.3. The van der Waals surface area contributed by atoms with Gasteiger partial charge in [-0.3, -0.25) is 9.10 Å². The molecule has 0 aromatic heterocycles. The quantitative estimate of drug-likeness (QED) is 0.424. The van der Waals surface area contributed by atoms with Gasteiger partial charge >= 0.3 is 6.18 Å². The Morgan fingerprint density at radius 1 is 1.06 bits per heavy atom. The molecule has 1 atom stereocenters. The second-order valence-corrected chi connectivity index (χ2v) is 9.82. The van der Waals surface area contributed by atoms with Crippen molar-refractivity contribution >= 4 is 33.2 Å². The van der Waals surface area contributed by atoms with Gasteiger partial charge in [-0.25, -0.2) is 8.42 Å². The molecule has 35 heavy (non-hydrogen) atoms. The summed E-state index contributed by atoms with van der Waals surface area (Å²) < 4.78 is 72.8. The fourth-order valence-corrected chi connectivity index (χ4v) is 4.97. The molecule has 0 aliphatic heterocycles. The zero-order chi connectivity index (χ0) is 25.8. The molecule has 3 aromatic rings. The number of halogens is 4. The molecule has 0 bridgehead atoms. The molecule has 0 spiro atoms. The molecule has 0 saturated heterocycles. The Labute approximate surface area is 206 Å². The number of hydrogen-bond donors (Lipinski definition) is 1. The lowest BCUT2D eigenvalue weighted by atomic mass is 10.1. The van der Waals surface area contributed by atoms with Crippen LogP contribution >= 0.6 is 11.6 Å². The Hall–Kier alpha value is -3.24. The molecule has 1 N–H and O–H groups in total. The summed E-state index contributed by atoms with van der Waals surface area (Å²) in [6.07, 6.45) is -4.82. The number of hydrogen-bond acceptors (Lipinski definition) is 4.